The molecule has 16 nitrogen and oxygen atoms in total. The molecule has 3 fully saturated rings. The Morgan fingerprint density at radius 2 is 1.25 bits per heavy atom. The fourth-order valence-electron chi connectivity index (χ4n) is 3.97. The zero-order chi connectivity index (χ0) is 42.2. The second-order valence-corrected chi connectivity index (χ2v) is 16.6. The Kier molecular flexibility index (Phi) is 27.4. The van der Waals surface area contributed by atoms with Crippen LogP contribution in [0.5, 0.6) is 0 Å². The van der Waals surface area contributed by atoms with Crippen molar-refractivity contribution in [2.24, 2.45) is 5.92 Å². The van der Waals surface area contributed by atoms with E-state index in [-0.39, 0.29) is 48.1 Å². The third kappa shape index (κ3) is 22.4. The molecular formula is C30H48BN3O13P3S3+. The van der Waals surface area contributed by atoms with Crippen LogP contribution in [0.15, 0.2) is 24.6 Å². The van der Waals surface area contributed by atoms with Gasteiger partial charge in [0, 0.05) is 38.5 Å². The Morgan fingerprint density at radius 3 is 1.57 bits per heavy atom. The molecule has 3 aliphatic heterocycles. The zero-order valence-electron chi connectivity index (χ0n) is 31.2. The number of nitrogens with zero attached hydrogens (tertiary/aromatic N) is 3. The van der Waals surface area contributed by atoms with Crippen LogP contribution in [0.1, 0.15) is 111 Å². The van der Waals surface area contributed by atoms with Gasteiger partial charge in [0.1, 0.15) is 11.8 Å². The van der Waals surface area contributed by atoms with Crippen LogP contribution in [0.4, 0.5) is 0 Å². The van der Waals surface area contributed by atoms with Crippen molar-refractivity contribution in [3.63, 3.8) is 0 Å². The predicted molar refractivity (Wildman–Crippen MR) is 209 cm³/mol. The van der Waals surface area contributed by atoms with E-state index in [2.05, 4.69) is 58.1 Å². The molecular weight excluding hydrogens is 810 g/mol. The number of rotatable bonds is 13. The average Bonchev–Trinajstić information content (AvgIpc) is 3.68. The van der Waals surface area contributed by atoms with Gasteiger partial charge in [-0.15, -0.1) is 15.2 Å². The monoisotopic (exact) mass is 859 g/mol. The minimum absolute atomic E-state index is 0.0869. The Labute approximate surface area is 329 Å². The fraction of sp³-hybridized carbons (Fsp3) is 0.633. The Hall–Kier alpha value is -2.59. The minimum Gasteiger partial charge on any atom is -0.334 e. The third-order valence-electron chi connectivity index (χ3n) is 6.69. The molecule has 0 aromatic rings. The average molecular weight is 860 g/mol. The van der Waals surface area contributed by atoms with E-state index in [1.165, 1.54) is 0 Å². The van der Waals surface area contributed by atoms with Crippen molar-refractivity contribution in [3.8, 4) is 0 Å². The van der Waals surface area contributed by atoms with Gasteiger partial charge in [-0.25, -0.2) is 14.4 Å². The molecule has 3 rings (SSSR count). The van der Waals surface area contributed by atoms with Crippen LogP contribution in [0, 0.1) is 5.92 Å². The maximum atomic E-state index is 11.5. The first-order valence-corrected chi connectivity index (χ1v) is 23.3. The van der Waals surface area contributed by atoms with Gasteiger partial charge in [-0.05, 0) is 45.1 Å². The summed E-state index contributed by atoms with van der Waals surface area (Å²) in [6.45, 7) is 15.0. The molecule has 53 heavy (non-hydrogen) atoms. The zero-order valence-corrected chi connectivity index (χ0v) is 35.6. The van der Waals surface area contributed by atoms with E-state index in [4.69, 9.17) is 15.5 Å². The van der Waals surface area contributed by atoms with E-state index in [1.807, 2.05) is 20.8 Å². The lowest BCUT2D eigenvalue weighted by molar-refractivity contribution is -0.197. The van der Waals surface area contributed by atoms with Gasteiger partial charge in [0.2, 0.25) is 0 Å². The van der Waals surface area contributed by atoms with Crippen LogP contribution in [-0.4, -0.2) is 83.8 Å². The van der Waals surface area contributed by atoms with E-state index in [0.29, 0.717) is 62.3 Å². The quantitative estimate of drug-likeness (QED) is 0.114. The summed E-state index contributed by atoms with van der Waals surface area (Å²) in [4.78, 5) is 93.1. The molecule has 1 N–H and O–H groups in total. The molecule has 3 unspecified atom stereocenters. The number of allylic oxidation sites excluding steroid dienone is 2. The summed E-state index contributed by atoms with van der Waals surface area (Å²) in [5, 5.41) is 0.514. The molecule has 0 saturated carbocycles. The predicted octanol–water partition coefficient (Wildman–Crippen LogP) is 4.83. The Bertz CT molecular complexity index is 1450. The highest BCUT2D eigenvalue weighted by Gasteiger charge is 2.38. The molecule has 3 saturated heterocycles. The summed E-state index contributed by atoms with van der Waals surface area (Å²) in [6, 6.07) is 0. The lowest BCUT2D eigenvalue weighted by atomic mass is 10.1. The second kappa shape index (κ2) is 28.8. The summed E-state index contributed by atoms with van der Waals surface area (Å²) in [7, 11) is 2.03. The highest BCUT2D eigenvalue weighted by atomic mass is 32.6. The van der Waals surface area contributed by atoms with Crippen LogP contribution in [-0.2, 0) is 81.8 Å². The van der Waals surface area contributed by atoms with Crippen LogP contribution in [0.2, 0.25) is 0 Å². The first-order chi connectivity index (χ1) is 25.1. The molecule has 0 bridgehead atoms. The first kappa shape index (κ1) is 50.4. The summed E-state index contributed by atoms with van der Waals surface area (Å²) in [5.74, 6) is -3.38. The van der Waals surface area contributed by atoms with Crippen molar-refractivity contribution in [1.29, 1.82) is 1.28 Å². The topological polar surface area (TPSA) is 211 Å². The minimum atomic E-state index is -4.63. The van der Waals surface area contributed by atoms with Gasteiger partial charge in [0.15, 0.2) is 5.25 Å². The van der Waals surface area contributed by atoms with Gasteiger partial charge in [-0.2, -0.15) is 8.42 Å². The van der Waals surface area contributed by atoms with Crippen molar-refractivity contribution in [3.05, 3.63) is 24.6 Å². The van der Waals surface area contributed by atoms with E-state index in [9.17, 15) is 42.0 Å². The molecule has 296 valence electrons. The highest BCUT2D eigenvalue weighted by Crippen LogP contribution is 2.22. The van der Waals surface area contributed by atoms with Crippen molar-refractivity contribution >= 4 is 106 Å². The van der Waals surface area contributed by atoms with Crippen molar-refractivity contribution in [1.82, 2.24) is 15.2 Å². The van der Waals surface area contributed by atoms with Gasteiger partial charge in [0.05, 0.1) is 18.6 Å². The van der Waals surface area contributed by atoms with Crippen LogP contribution in [0.25, 0.3) is 0 Å². The molecule has 0 aromatic carbocycles. The summed E-state index contributed by atoms with van der Waals surface area (Å²) < 4.78 is 37.0. The number of unbranched alkanes of at least 4 members (excludes halogenated alkanes) is 1. The number of hydroxylamine groups is 6. The van der Waals surface area contributed by atoms with E-state index >= 15 is 0 Å². The molecule has 4 amide bonds. The van der Waals surface area contributed by atoms with E-state index in [1.54, 1.807) is 6.92 Å². The Morgan fingerprint density at radius 1 is 0.868 bits per heavy atom. The van der Waals surface area contributed by atoms with Crippen molar-refractivity contribution < 1.29 is 61.0 Å². The largest absolute Gasteiger partial charge is 0.456 e. The number of carbonyl (C=O) groups is 7. The number of hydrogen-bond acceptors (Lipinski definition) is 14. The van der Waals surface area contributed by atoms with Crippen molar-refractivity contribution in [2.75, 3.05) is 0 Å². The van der Waals surface area contributed by atoms with Gasteiger partial charge in [-0.1, -0.05) is 74.4 Å². The van der Waals surface area contributed by atoms with E-state index in [0.717, 1.165) is 36.4 Å². The Balaban J connectivity index is 0. The smallest absolute Gasteiger partial charge is 0.334 e. The summed E-state index contributed by atoms with van der Waals surface area (Å²) in [5.41, 5.74) is 1.14. The molecule has 3 heterocycles. The second-order valence-electron chi connectivity index (χ2n) is 11.5. The van der Waals surface area contributed by atoms with Gasteiger partial charge < -0.3 is 14.5 Å². The molecule has 0 aromatic heterocycles. The normalized spacial score (nSPS) is 16.2. The molecule has 0 aliphatic carbocycles. The SMILES string of the molecule is C=C1CCC(=O)N1OC(=O)CCC(C)C.C=C1CCC(=O)N1OC(=O)CCCC.CCCC(C(=O)ON1C(=O)CCC1=O)S(=O)(=O)O.PP=S.[2H][P+]([B])=S. The van der Waals surface area contributed by atoms with Crippen molar-refractivity contribution in [2.45, 2.75) is 116 Å². The summed E-state index contributed by atoms with van der Waals surface area (Å²) >= 11 is 8.46. The molecule has 3 aliphatic rings. The fourth-order valence-corrected chi connectivity index (χ4v) is 4.79. The first-order valence-electron chi connectivity index (χ1n) is 16.7. The number of hydrogen-bond donors (Lipinski definition) is 1. The number of amides is 4. The van der Waals surface area contributed by atoms with Crippen LogP contribution >= 0.6 is 23.2 Å². The lowest BCUT2D eigenvalue weighted by Gasteiger charge is -2.16. The van der Waals surface area contributed by atoms with Gasteiger partial charge in [-0.3, -0.25) is 23.7 Å². The van der Waals surface area contributed by atoms with Crippen LogP contribution in [0.3, 0.4) is 0 Å². The molecule has 2 radical (unpaired) electrons. The maximum absolute atomic E-state index is 11.5. The third-order valence-corrected chi connectivity index (χ3v) is 7.84. The lowest BCUT2D eigenvalue weighted by Crippen LogP contribution is -2.39. The van der Waals surface area contributed by atoms with Crippen LogP contribution < -0.4 is 0 Å². The molecule has 23 heteroatoms. The number of carbonyl (C=O) groups excluding carboxylic acids is 7. The standard InChI is InChI=1S/C11H17NO3.C10H15NO3.C9H13NO7S.BHPS.H2P2S/c1-8(2)4-7-11(14)15-12-9(3)5-6-10(12)13;1-3-4-5-10(13)14-11-8(2)6-7-9(11)12;1-2-3-6(18(14,15)16)9(13)17-10-7(11)4-5-8(10)12;2*1-2-3/h8H,3-7H2,1-2H3;2-7H2,1H3;6H,2-5H2,1H3,(H,14,15,16);2H;1H2/q;;;+1;/i;;;2D;. The summed E-state index contributed by atoms with van der Waals surface area (Å²) in [6.07, 6.45) is 5.10. The number of imide groups is 1. The highest BCUT2D eigenvalue weighted by molar-refractivity contribution is 8.24. The molecule has 3 atom stereocenters. The van der Waals surface area contributed by atoms with E-state index < -0.39 is 40.3 Å². The van der Waals surface area contributed by atoms with Gasteiger partial charge >= 0.3 is 26.8 Å². The van der Waals surface area contributed by atoms with Gasteiger partial charge in [0.25, 0.3) is 33.7 Å². The maximum Gasteiger partial charge on any atom is 0.456 e. The molecule has 0 spiro atoms.